The molecule has 0 atom stereocenters. The summed E-state index contributed by atoms with van der Waals surface area (Å²) < 4.78 is 7.41. The van der Waals surface area contributed by atoms with Gasteiger partial charge in [0.15, 0.2) is 5.76 Å². The van der Waals surface area contributed by atoms with Gasteiger partial charge in [-0.15, -0.1) is 0 Å². The van der Waals surface area contributed by atoms with Crippen LogP contribution in [-0.4, -0.2) is 27.8 Å². The van der Waals surface area contributed by atoms with Crippen LogP contribution in [0.5, 0.6) is 0 Å². The molecule has 0 saturated heterocycles. The molecule has 27 heavy (non-hydrogen) atoms. The van der Waals surface area contributed by atoms with Crippen molar-refractivity contribution in [2.75, 3.05) is 11.9 Å². The van der Waals surface area contributed by atoms with Crippen molar-refractivity contribution in [2.45, 2.75) is 26.4 Å². The number of carbonyl (C=O) groups excluding carboxylic acids is 2. The molecule has 6 heteroatoms. The van der Waals surface area contributed by atoms with Gasteiger partial charge in [-0.3, -0.25) is 9.59 Å². The molecule has 0 bridgehead atoms. The first-order valence-corrected chi connectivity index (χ1v) is 9.00. The SMILES string of the molecule is Cc1ccoc1C(=O)N1CCCn2cc(C(=O)Nc3ccccc3)cc2C1. The third kappa shape index (κ3) is 3.51. The highest BCUT2D eigenvalue weighted by molar-refractivity contribution is 6.04. The number of hydrogen-bond acceptors (Lipinski definition) is 3. The number of fused-ring (bicyclic) bond motifs is 1. The number of para-hydroxylation sites is 1. The van der Waals surface area contributed by atoms with Gasteiger partial charge in [0.2, 0.25) is 0 Å². The molecule has 0 fully saturated rings. The molecule has 2 amide bonds. The molecule has 0 saturated carbocycles. The molecule has 0 spiro atoms. The number of rotatable bonds is 3. The Labute approximate surface area is 157 Å². The molecule has 1 aliphatic rings. The molecule has 6 nitrogen and oxygen atoms in total. The zero-order valence-electron chi connectivity index (χ0n) is 15.1. The number of nitrogens with one attached hydrogen (secondary N) is 1. The minimum atomic E-state index is -0.151. The molecule has 3 aromatic rings. The van der Waals surface area contributed by atoms with E-state index in [2.05, 4.69) is 9.88 Å². The topological polar surface area (TPSA) is 67.5 Å². The summed E-state index contributed by atoms with van der Waals surface area (Å²) in [6.45, 7) is 3.75. The van der Waals surface area contributed by atoms with E-state index in [9.17, 15) is 9.59 Å². The second-order valence-electron chi connectivity index (χ2n) is 6.75. The first kappa shape index (κ1) is 17.1. The molecular weight excluding hydrogens is 342 g/mol. The Morgan fingerprint density at radius 3 is 2.67 bits per heavy atom. The second-order valence-corrected chi connectivity index (χ2v) is 6.75. The number of aromatic nitrogens is 1. The molecule has 1 aromatic carbocycles. The Bertz CT molecular complexity index is 972. The minimum Gasteiger partial charge on any atom is -0.459 e. The number of carbonyl (C=O) groups is 2. The van der Waals surface area contributed by atoms with Crippen molar-refractivity contribution >= 4 is 17.5 Å². The first-order chi connectivity index (χ1) is 13.1. The van der Waals surface area contributed by atoms with Crippen molar-refractivity contribution in [1.29, 1.82) is 0 Å². The third-order valence-electron chi connectivity index (χ3n) is 4.80. The van der Waals surface area contributed by atoms with E-state index in [1.54, 1.807) is 11.0 Å². The fourth-order valence-electron chi connectivity index (χ4n) is 3.36. The molecule has 0 unspecified atom stereocenters. The fourth-order valence-corrected chi connectivity index (χ4v) is 3.36. The number of nitrogens with zero attached hydrogens (tertiary/aromatic N) is 2. The van der Waals surface area contributed by atoms with Crippen LogP contribution in [0, 0.1) is 6.92 Å². The largest absolute Gasteiger partial charge is 0.459 e. The van der Waals surface area contributed by atoms with Crippen LogP contribution in [0.1, 0.15) is 38.6 Å². The van der Waals surface area contributed by atoms with Crippen molar-refractivity contribution in [1.82, 2.24) is 9.47 Å². The van der Waals surface area contributed by atoms with Crippen LogP contribution in [0.3, 0.4) is 0 Å². The Morgan fingerprint density at radius 2 is 1.93 bits per heavy atom. The van der Waals surface area contributed by atoms with Crippen LogP contribution in [0.2, 0.25) is 0 Å². The number of furan rings is 1. The molecule has 4 rings (SSSR count). The number of benzene rings is 1. The zero-order valence-corrected chi connectivity index (χ0v) is 15.1. The van der Waals surface area contributed by atoms with Crippen LogP contribution in [0.15, 0.2) is 59.3 Å². The highest BCUT2D eigenvalue weighted by atomic mass is 16.3. The summed E-state index contributed by atoms with van der Waals surface area (Å²) in [6, 6.07) is 13.0. The number of anilines is 1. The minimum absolute atomic E-state index is 0.109. The lowest BCUT2D eigenvalue weighted by molar-refractivity contribution is 0.0712. The Balaban J connectivity index is 1.52. The van der Waals surface area contributed by atoms with Gasteiger partial charge in [-0.1, -0.05) is 18.2 Å². The number of hydrogen-bond donors (Lipinski definition) is 1. The van der Waals surface area contributed by atoms with Crippen LogP contribution >= 0.6 is 0 Å². The van der Waals surface area contributed by atoms with Gasteiger partial charge in [0, 0.05) is 36.2 Å². The van der Waals surface area contributed by atoms with E-state index in [1.165, 1.54) is 6.26 Å². The van der Waals surface area contributed by atoms with E-state index < -0.39 is 0 Å². The van der Waals surface area contributed by atoms with Gasteiger partial charge in [-0.05, 0) is 37.6 Å². The van der Waals surface area contributed by atoms with Gasteiger partial charge in [0.05, 0.1) is 18.4 Å². The number of aryl methyl sites for hydroxylation is 2. The van der Waals surface area contributed by atoms with Crippen molar-refractivity contribution in [2.24, 2.45) is 0 Å². The van der Waals surface area contributed by atoms with Gasteiger partial charge in [-0.2, -0.15) is 0 Å². The van der Waals surface area contributed by atoms with Gasteiger partial charge >= 0.3 is 0 Å². The first-order valence-electron chi connectivity index (χ1n) is 9.00. The van der Waals surface area contributed by atoms with E-state index in [4.69, 9.17) is 4.42 Å². The lowest BCUT2D eigenvalue weighted by Crippen LogP contribution is -2.30. The van der Waals surface area contributed by atoms with Gasteiger partial charge in [0.1, 0.15) is 0 Å². The molecule has 0 aliphatic carbocycles. The smallest absolute Gasteiger partial charge is 0.290 e. The van der Waals surface area contributed by atoms with Crippen LogP contribution < -0.4 is 5.32 Å². The summed E-state index contributed by atoms with van der Waals surface area (Å²) in [7, 11) is 0. The predicted octanol–water partition coefficient (Wildman–Crippen LogP) is 3.69. The third-order valence-corrected chi connectivity index (χ3v) is 4.80. The van der Waals surface area contributed by atoms with Gasteiger partial charge in [-0.25, -0.2) is 0 Å². The molecule has 138 valence electrons. The summed E-state index contributed by atoms with van der Waals surface area (Å²) in [5, 5.41) is 2.90. The summed E-state index contributed by atoms with van der Waals surface area (Å²) in [5.74, 6) is 0.126. The van der Waals surface area contributed by atoms with E-state index in [-0.39, 0.29) is 11.8 Å². The summed E-state index contributed by atoms with van der Waals surface area (Å²) >= 11 is 0. The maximum Gasteiger partial charge on any atom is 0.290 e. The summed E-state index contributed by atoms with van der Waals surface area (Å²) in [5.41, 5.74) is 3.14. The average molecular weight is 363 g/mol. The summed E-state index contributed by atoms with van der Waals surface area (Å²) in [6.07, 6.45) is 4.22. The Morgan fingerprint density at radius 1 is 1.11 bits per heavy atom. The lowest BCUT2D eigenvalue weighted by Gasteiger charge is -2.19. The molecule has 0 radical (unpaired) electrons. The van der Waals surface area contributed by atoms with Crippen LogP contribution in [0.4, 0.5) is 5.69 Å². The van der Waals surface area contributed by atoms with E-state index >= 15 is 0 Å². The molecular formula is C21H21N3O3. The monoisotopic (exact) mass is 363 g/mol. The molecule has 1 N–H and O–H groups in total. The molecule has 2 aromatic heterocycles. The number of amides is 2. The average Bonchev–Trinajstić information content (AvgIpc) is 3.22. The second kappa shape index (κ2) is 7.15. The Hall–Kier alpha value is -3.28. The van der Waals surface area contributed by atoms with Crippen molar-refractivity contribution in [3.8, 4) is 0 Å². The molecule has 3 heterocycles. The van der Waals surface area contributed by atoms with Crippen LogP contribution in [0.25, 0.3) is 0 Å². The quantitative estimate of drug-likeness (QED) is 0.772. The summed E-state index contributed by atoms with van der Waals surface area (Å²) in [4.78, 5) is 27.1. The van der Waals surface area contributed by atoms with E-state index in [1.807, 2.05) is 49.5 Å². The maximum atomic E-state index is 12.8. The Kier molecular flexibility index (Phi) is 4.54. The normalized spacial score (nSPS) is 13.7. The van der Waals surface area contributed by atoms with E-state index in [0.29, 0.717) is 24.4 Å². The zero-order chi connectivity index (χ0) is 18.8. The standard InChI is InChI=1S/C21H21N3O3/c1-15-8-11-27-19(15)21(26)24-10-5-9-23-13-16(12-18(23)14-24)20(25)22-17-6-3-2-4-7-17/h2-4,6-8,11-13H,5,9-10,14H2,1H3,(H,22,25). The highest BCUT2D eigenvalue weighted by Gasteiger charge is 2.24. The highest BCUT2D eigenvalue weighted by Crippen LogP contribution is 2.20. The predicted molar refractivity (Wildman–Crippen MR) is 102 cm³/mol. The van der Waals surface area contributed by atoms with Gasteiger partial charge < -0.3 is 19.2 Å². The fraction of sp³-hybridized carbons (Fsp3) is 0.238. The van der Waals surface area contributed by atoms with Crippen molar-refractivity contribution < 1.29 is 14.0 Å². The molecule has 1 aliphatic heterocycles. The van der Waals surface area contributed by atoms with Crippen molar-refractivity contribution in [3.05, 3.63) is 77.5 Å². The maximum absolute atomic E-state index is 12.8. The van der Waals surface area contributed by atoms with Crippen molar-refractivity contribution in [3.63, 3.8) is 0 Å². The van der Waals surface area contributed by atoms with Crippen LogP contribution in [-0.2, 0) is 13.1 Å². The van der Waals surface area contributed by atoms with Gasteiger partial charge in [0.25, 0.3) is 11.8 Å². The lowest BCUT2D eigenvalue weighted by atomic mass is 10.2. The van der Waals surface area contributed by atoms with E-state index in [0.717, 1.165) is 29.9 Å².